The molecule has 1 unspecified atom stereocenters. The Kier molecular flexibility index (Phi) is 2.91. The molecule has 18 heavy (non-hydrogen) atoms. The Morgan fingerprint density at radius 3 is 3.00 bits per heavy atom. The lowest BCUT2D eigenvalue weighted by molar-refractivity contribution is 0.178. The monoisotopic (exact) mass is 246 g/mol. The van der Waals surface area contributed by atoms with Gasteiger partial charge in [-0.3, -0.25) is 9.30 Å². The highest BCUT2D eigenvalue weighted by atomic mass is 16.5. The zero-order valence-corrected chi connectivity index (χ0v) is 10.8. The standard InChI is InChI=1S/C13H18N4O/c1-16-8-4-3-6-10(16)12-14-15-13-11(18-2)7-5-9-17(12)13/h5,7,9-10H,3-4,6,8H2,1-2H3. The van der Waals surface area contributed by atoms with Crippen LogP contribution in [-0.4, -0.2) is 40.2 Å². The van der Waals surface area contributed by atoms with Crippen LogP contribution in [0, 0.1) is 0 Å². The quantitative estimate of drug-likeness (QED) is 0.811. The normalized spacial score (nSPS) is 21.3. The van der Waals surface area contributed by atoms with Crippen molar-refractivity contribution in [1.82, 2.24) is 19.5 Å². The molecule has 2 aromatic rings. The fourth-order valence-corrected chi connectivity index (χ4v) is 2.70. The van der Waals surface area contributed by atoms with Gasteiger partial charge in [-0.05, 0) is 38.6 Å². The molecule has 1 aliphatic heterocycles. The third kappa shape index (κ3) is 1.75. The van der Waals surface area contributed by atoms with E-state index in [-0.39, 0.29) is 0 Å². The van der Waals surface area contributed by atoms with Gasteiger partial charge < -0.3 is 4.74 Å². The lowest BCUT2D eigenvalue weighted by Crippen LogP contribution is -2.30. The van der Waals surface area contributed by atoms with Gasteiger partial charge in [0.1, 0.15) is 0 Å². The second-order valence-electron chi connectivity index (χ2n) is 4.82. The first kappa shape index (κ1) is 11.5. The molecule has 0 radical (unpaired) electrons. The Bertz CT molecular complexity index is 551. The number of likely N-dealkylation sites (tertiary alicyclic amines) is 1. The molecular formula is C13H18N4O. The van der Waals surface area contributed by atoms with Gasteiger partial charge in [0.25, 0.3) is 0 Å². The number of hydrogen-bond donors (Lipinski definition) is 0. The van der Waals surface area contributed by atoms with Crippen molar-refractivity contribution in [2.75, 3.05) is 20.7 Å². The Hall–Kier alpha value is -1.62. The van der Waals surface area contributed by atoms with E-state index in [1.807, 2.05) is 22.7 Å². The number of rotatable bonds is 2. The van der Waals surface area contributed by atoms with Crippen molar-refractivity contribution < 1.29 is 4.74 Å². The van der Waals surface area contributed by atoms with Crippen LogP contribution in [0.1, 0.15) is 31.1 Å². The van der Waals surface area contributed by atoms with Crippen molar-refractivity contribution in [3.8, 4) is 5.75 Å². The summed E-state index contributed by atoms with van der Waals surface area (Å²) in [6.45, 7) is 1.13. The summed E-state index contributed by atoms with van der Waals surface area (Å²) in [5.41, 5.74) is 0.800. The maximum atomic E-state index is 5.32. The number of aromatic nitrogens is 3. The third-order valence-electron chi connectivity index (χ3n) is 3.71. The van der Waals surface area contributed by atoms with E-state index in [4.69, 9.17) is 4.74 Å². The average molecular weight is 246 g/mol. The molecule has 1 fully saturated rings. The number of fused-ring (bicyclic) bond motifs is 1. The van der Waals surface area contributed by atoms with E-state index in [0.717, 1.165) is 30.2 Å². The molecule has 0 N–H and O–H groups in total. The summed E-state index contributed by atoms with van der Waals surface area (Å²) in [5.74, 6) is 1.79. The van der Waals surface area contributed by atoms with Crippen LogP contribution in [0.25, 0.3) is 5.65 Å². The van der Waals surface area contributed by atoms with Gasteiger partial charge in [-0.15, -0.1) is 10.2 Å². The minimum atomic E-state index is 0.362. The summed E-state index contributed by atoms with van der Waals surface area (Å²) in [5, 5.41) is 8.63. The first-order valence-corrected chi connectivity index (χ1v) is 6.39. The largest absolute Gasteiger partial charge is 0.493 e. The van der Waals surface area contributed by atoms with Crippen molar-refractivity contribution in [2.24, 2.45) is 0 Å². The topological polar surface area (TPSA) is 42.7 Å². The predicted octanol–water partition coefficient (Wildman–Crippen LogP) is 1.89. The van der Waals surface area contributed by atoms with Crippen LogP contribution in [0.5, 0.6) is 5.75 Å². The molecule has 0 bridgehead atoms. The van der Waals surface area contributed by atoms with Gasteiger partial charge in [0.2, 0.25) is 5.65 Å². The van der Waals surface area contributed by atoms with Gasteiger partial charge in [-0.1, -0.05) is 6.42 Å². The van der Waals surface area contributed by atoms with Crippen molar-refractivity contribution >= 4 is 5.65 Å². The molecule has 96 valence electrons. The zero-order chi connectivity index (χ0) is 12.5. The minimum absolute atomic E-state index is 0.362. The summed E-state index contributed by atoms with van der Waals surface area (Å²) in [4.78, 5) is 2.36. The molecule has 5 heteroatoms. The fourth-order valence-electron chi connectivity index (χ4n) is 2.70. The number of piperidine rings is 1. The van der Waals surface area contributed by atoms with E-state index in [1.54, 1.807) is 7.11 Å². The molecule has 5 nitrogen and oxygen atoms in total. The van der Waals surface area contributed by atoms with Gasteiger partial charge in [0, 0.05) is 6.20 Å². The Morgan fingerprint density at radius 2 is 2.22 bits per heavy atom. The summed E-state index contributed by atoms with van der Waals surface area (Å²) in [6.07, 6.45) is 5.69. The van der Waals surface area contributed by atoms with E-state index >= 15 is 0 Å². The van der Waals surface area contributed by atoms with Crippen molar-refractivity contribution in [3.05, 3.63) is 24.2 Å². The van der Waals surface area contributed by atoms with Crippen LogP contribution in [0.2, 0.25) is 0 Å². The minimum Gasteiger partial charge on any atom is -0.493 e. The summed E-state index contributed by atoms with van der Waals surface area (Å²) in [6, 6.07) is 4.25. The second kappa shape index (κ2) is 4.57. The molecule has 1 aliphatic rings. The predicted molar refractivity (Wildman–Crippen MR) is 68.8 cm³/mol. The molecule has 0 aromatic carbocycles. The molecule has 0 amide bonds. The van der Waals surface area contributed by atoms with E-state index < -0.39 is 0 Å². The van der Waals surface area contributed by atoms with E-state index in [0.29, 0.717) is 6.04 Å². The summed E-state index contributed by atoms with van der Waals surface area (Å²) in [7, 11) is 3.82. The molecule has 3 heterocycles. The molecule has 1 saturated heterocycles. The highest BCUT2D eigenvalue weighted by Crippen LogP contribution is 2.29. The first-order chi connectivity index (χ1) is 8.81. The van der Waals surface area contributed by atoms with Crippen LogP contribution < -0.4 is 4.74 Å². The SMILES string of the molecule is COc1cccn2c(C3CCCCN3C)nnc12. The van der Waals surface area contributed by atoms with Gasteiger partial charge in [0.05, 0.1) is 13.2 Å². The van der Waals surface area contributed by atoms with Gasteiger partial charge in [0.15, 0.2) is 11.6 Å². The second-order valence-corrected chi connectivity index (χ2v) is 4.82. The van der Waals surface area contributed by atoms with Crippen LogP contribution in [0.4, 0.5) is 0 Å². The summed E-state index contributed by atoms with van der Waals surface area (Å²) >= 11 is 0. The average Bonchev–Trinajstić information content (AvgIpc) is 2.83. The molecule has 1 atom stereocenters. The number of pyridine rings is 1. The van der Waals surface area contributed by atoms with Gasteiger partial charge >= 0.3 is 0 Å². The number of hydrogen-bond acceptors (Lipinski definition) is 4. The Morgan fingerprint density at radius 1 is 1.33 bits per heavy atom. The highest BCUT2D eigenvalue weighted by Gasteiger charge is 2.25. The number of methoxy groups -OCH3 is 1. The lowest BCUT2D eigenvalue weighted by Gasteiger charge is -2.31. The van der Waals surface area contributed by atoms with Crippen molar-refractivity contribution in [2.45, 2.75) is 25.3 Å². The van der Waals surface area contributed by atoms with Crippen molar-refractivity contribution in [3.63, 3.8) is 0 Å². The Labute approximate surface area is 106 Å². The Balaban J connectivity index is 2.07. The number of ether oxygens (including phenoxy) is 1. The van der Waals surface area contributed by atoms with E-state index in [2.05, 4.69) is 22.1 Å². The first-order valence-electron chi connectivity index (χ1n) is 6.39. The number of nitrogens with zero attached hydrogens (tertiary/aromatic N) is 4. The molecular weight excluding hydrogens is 228 g/mol. The van der Waals surface area contributed by atoms with E-state index in [1.165, 1.54) is 12.8 Å². The van der Waals surface area contributed by atoms with Crippen LogP contribution in [0.15, 0.2) is 18.3 Å². The van der Waals surface area contributed by atoms with Gasteiger partial charge in [-0.2, -0.15) is 0 Å². The smallest absolute Gasteiger partial charge is 0.203 e. The lowest BCUT2D eigenvalue weighted by atomic mass is 10.0. The molecule has 0 spiro atoms. The zero-order valence-electron chi connectivity index (χ0n) is 10.8. The van der Waals surface area contributed by atoms with Crippen molar-refractivity contribution in [1.29, 1.82) is 0 Å². The molecule has 0 saturated carbocycles. The van der Waals surface area contributed by atoms with Crippen LogP contribution >= 0.6 is 0 Å². The van der Waals surface area contributed by atoms with Crippen LogP contribution in [0.3, 0.4) is 0 Å². The highest BCUT2D eigenvalue weighted by molar-refractivity contribution is 5.53. The maximum Gasteiger partial charge on any atom is 0.203 e. The molecule has 2 aromatic heterocycles. The molecule has 0 aliphatic carbocycles. The summed E-state index contributed by atoms with van der Waals surface area (Å²) < 4.78 is 7.36. The molecule has 3 rings (SSSR count). The fraction of sp³-hybridized carbons (Fsp3) is 0.538. The van der Waals surface area contributed by atoms with Gasteiger partial charge in [-0.25, -0.2) is 0 Å². The van der Waals surface area contributed by atoms with E-state index in [9.17, 15) is 0 Å². The third-order valence-corrected chi connectivity index (χ3v) is 3.71. The van der Waals surface area contributed by atoms with Crippen LogP contribution in [-0.2, 0) is 0 Å². The maximum absolute atomic E-state index is 5.32.